The number of carbonyl (C=O) groups excluding carboxylic acids is 2. The molecule has 0 unspecified atom stereocenters. The van der Waals surface area contributed by atoms with Crippen molar-refractivity contribution in [1.82, 2.24) is 10.6 Å². The van der Waals surface area contributed by atoms with E-state index in [0.717, 1.165) is 0 Å². The number of aliphatic carboxylic acids is 1. The molecule has 0 spiro atoms. The van der Waals surface area contributed by atoms with Crippen molar-refractivity contribution in [2.45, 2.75) is 31.8 Å². The van der Waals surface area contributed by atoms with Crippen LogP contribution in [-0.4, -0.2) is 35.0 Å². The van der Waals surface area contributed by atoms with Gasteiger partial charge < -0.3 is 15.7 Å². The Morgan fingerprint density at radius 2 is 2.00 bits per heavy atom. The number of carboxylic acids is 1. The van der Waals surface area contributed by atoms with Crippen molar-refractivity contribution in [2.24, 2.45) is 0 Å². The van der Waals surface area contributed by atoms with Crippen LogP contribution in [0.25, 0.3) is 0 Å². The Morgan fingerprint density at radius 3 is 2.52 bits per heavy atom. The fourth-order valence-electron chi connectivity index (χ4n) is 2.01. The highest BCUT2D eigenvalue weighted by atomic mass is 19.1. The minimum absolute atomic E-state index is 0.0452. The Hall–Kier alpha value is -2.70. The third kappa shape index (κ3) is 6.29. The summed E-state index contributed by atoms with van der Waals surface area (Å²) in [5, 5.41) is 13.8. The Kier molecular flexibility index (Phi) is 6.92. The van der Waals surface area contributed by atoms with Gasteiger partial charge in [0.05, 0.1) is 0 Å². The van der Waals surface area contributed by atoms with Crippen molar-refractivity contribution in [1.29, 1.82) is 0 Å². The van der Waals surface area contributed by atoms with Gasteiger partial charge in [0, 0.05) is 13.3 Å². The van der Waals surface area contributed by atoms with Crippen LogP contribution in [0.1, 0.15) is 18.9 Å². The lowest BCUT2D eigenvalue weighted by molar-refractivity contribution is -0.142. The van der Waals surface area contributed by atoms with Gasteiger partial charge in [-0.3, -0.25) is 9.59 Å². The first-order valence-corrected chi connectivity index (χ1v) is 6.99. The Balaban J connectivity index is 2.87. The van der Waals surface area contributed by atoms with E-state index in [1.807, 2.05) is 0 Å². The molecule has 0 aliphatic rings. The Bertz CT molecular complexity index is 603. The van der Waals surface area contributed by atoms with Gasteiger partial charge in [0.2, 0.25) is 11.8 Å². The molecule has 0 bridgehead atoms. The first kappa shape index (κ1) is 18.3. The molecule has 23 heavy (non-hydrogen) atoms. The van der Waals surface area contributed by atoms with Gasteiger partial charge in [-0.15, -0.1) is 6.58 Å². The molecule has 0 saturated carbocycles. The Labute approximate surface area is 133 Å². The van der Waals surface area contributed by atoms with Crippen LogP contribution in [0.3, 0.4) is 0 Å². The maximum Gasteiger partial charge on any atom is 0.326 e. The van der Waals surface area contributed by atoms with Crippen LogP contribution >= 0.6 is 0 Å². The third-order valence-corrected chi connectivity index (χ3v) is 3.04. The number of benzene rings is 1. The maximum absolute atomic E-state index is 13.2. The van der Waals surface area contributed by atoms with Gasteiger partial charge in [-0.2, -0.15) is 0 Å². The van der Waals surface area contributed by atoms with Crippen molar-refractivity contribution in [3.8, 4) is 0 Å². The first-order chi connectivity index (χ1) is 10.8. The highest BCUT2D eigenvalue weighted by Gasteiger charge is 2.25. The second kappa shape index (κ2) is 8.67. The molecular formula is C16H19FN2O4. The van der Waals surface area contributed by atoms with Crippen LogP contribution in [0.4, 0.5) is 4.39 Å². The number of rotatable bonds is 8. The van der Waals surface area contributed by atoms with E-state index in [9.17, 15) is 18.8 Å². The average molecular weight is 322 g/mol. The monoisotopic (exact) mass is 322 g/mol. The molecule has 0 radical (unpaired) electrons. The molecule has 1 rings (SSSR count). The predicted octanol–water partition coefficient (Wildman–Crippen LogP) is 1.02. The van der Waals surface area contributed by atoms with Gasteiger partial charge in [0.15, 0.2) is 0 Å². The van der Waals surface area contributed by atoms with E-state index >= 15 is 0 Å². The van der Waals surface area contributed by atoms with Crippen LogP contribution < -0.4 is 10.6 Å². The fraction of sp³-hybridized carbons (Fsp3) is 0.312. The summed E-state index contributed by atoms with van der Waals surface area (Å²) in [7, 11) is 0. The lowest BCUT2D eigenvalue weighted by Gasteiger charge is -2.20. The second-order valence-electron chi connectivity index (χ2n) is 5.01. The smallest absolute Gasteiger partial charge is 0.326 e. The van der Waals surface area contributed by atoms with Crippen molar-refractivity contribution in [2.75, 3.05) is 0 Å². The lowest BCUT2D eigenvalue weighted by Crippen LogP contribution is -2.52. The largest absolute Gasteiger partial charge is 0.480 e. The number of carbonyl (C=O) groups is 3. The van der Waals surface area contributed by atoms with Gasteiger partial charge in [-0.25, -0.2) is 9.18 Å². The molecule has 0 saturated heterocycles. The van der Waals surface area contributed by atoms with Crippen LogP contribution in [0.2, 0.25) is 0 Å². The van der Waals surface area contributed by atoms with Crippen molar-refractivity contribution in [3.05, 3.63) is 48.3 Å². The standard InChI is InChI=1S/C16H19FN2O4/c1-3-5-13(16(22)23)19-15(21)14(18-10(2)20)9-11-6-4-7-12(17)8-11/h3-4,6-8,13-14H,1,5,9H2,2H3,(H,18,20)(H,19,21)(H,22,23)/t13-,14+/m1/s1. The van der Waals surface area contributed by atoms with Gasteiger partial charge in [0.1, 0.15) is 17.9 Å². The first-order valence-electron chi connectivity index (χ1n) is 6.99. The Morgan fingerprint density at radius 1 is 1.30 bits per heavy atom. The number of carboxylic acid groups (broad SMARTS) is 1. The van der Waals surface area contributed by atoms with Crippen LogP contribution in [0.5, 0.6) is 0 Å². The average Bonchev–Trinajstić information content (AvgIpc) is 2.45. The second-order valence-corrected chi connectivity index (χ2v) is 5.01. The highest BCUT2D eigenvalue weighted by Crippen LogP contribution is 2.07. The van der Waals surface area contributed by atoms with Crippen LogP contribution in [0, 0.1) is 5.82 Å². The zero-order valence-corrected chi connectivity index (χ0v) is 12.7. The number of hydrogen-bond acceptors (Lipinski definition) is 3. The quantitative estimate of drug-likeness (QED) is 0.623. The zero-order chi connectivity index (χ0) is 17.4. The van der Waals surface area contributed by atoms with E-state index in [1.165, 1.54) is 31.2 Å². The van der Waals surface area contributed by atoms with Crippen molar-refractivity contribution >= 4 is 17.8 Å². The van der Waals surface area contributed by atoms with E-state index in [0.29, 0.717) is 5.56 Å². The minimum atomic E-state index is -1.20. The summed E-state index contributed by atoms with van der Waals surface area (Å²) in [4.78, 5) is 34.6. The van der Waals surface area contributed by atoms with Crippen molar-refractivity contribution in [3.63, 3.8) is 0 Å². The molecule has 1 aromatic rings. The lowest BCUT2D eigenvalue weighted by atomic mass is 10.0. The molecule has 124 valence electrons. The zero-order valence-electron chi connectivity index (χ0n) is 12.7. The highest BCUT2D eigenvalue weighted by molar-refractivity contribution is 5.90. The summed E-state index contributed by atoms with van der Waals surface area (Å²) in [6.07, 6.45) is 1.47. The molecule has 2 amide bonds. The molecule has 0 aromatic heterocycles. The molecule has 0 fully saturated rings. The molecule has 2 atom stereocenters. The van der Waals surface area contributed by atoms with E-state index in [-0.39, 0.29) is 12.8 Å². The summed E-state index contributed by atoms with van der Waals surface area (Å²) in [6.45, 7) is 4.68. The molecule has 7 heteroatoms. The topological polar surface area (TPSA) is 95.5 Å². The maximum atomic E-state index is 13.2. The SMILES string of the molecule is C=CC[C@@H](NC(=O)[C@H](Cc1cccc(F)c1)NC(C)=O)C(=O)O. The third-order valence-electron chi connectivity index (χ3n) is 3.04. The molecule has 1 aromatic carbocycles. The van der Waals surface area contributed by atoms with Gasteiger partial charge in [-0.1, -0.05) is 18.2 Å². The molecule has 0 aliphatic heterocycles. The van der Waals surface area contributed by atoms with Gasteiger partial charge in [0.25, 0.3) is 0 Å². The number of hydrogen-bond donors (Lipinski definition) is 3. The number of amides is 2. The summed E-state index contributed by atoms with van der Waals surface area (Å²) < 4.78 is 13.2. The molecule has 3 N–H and O–H groups in total. The van der Waals surface area contributed by atoms with E-state index in [1.54, 1.807) is 6.07 Å². The van der Waals surface area contributed by atoms with Gasteiger partial charge >= 0.3 is 5.97 Å². The summed E-state index contributed by atoms with van der Waals surface area (Å²) in [5.74, 6) is -2.76. The molecule has 6 nitrogen and oxygen atoms in total. The van der Waals surface area contributed by atoms with Crippen LogP contribution in [-0.2, 0) is 20.8 Å². The minimum Gasteiger partial charge on any atom is -0.480 e. The van der Waals surface area contributed by atoms with Crippen LogP contribution in [0.15, 0.2) is 36.9 Å². The number of nitrogens with one attached hydrogen (secondary N) is 2. The molecule has 0 heterocycles. The van der Waals surface area contributed by atoms with E-state index < -0.39 is 35.7 Å². The number of halogens is 1. The van der Waals surface area contributed by atoms with E-state index in [2.05, 4.69) is 17.2 Å². The fourth-order valence-corrected chi connectivity index (χ4v) is 2.01. The summed E-state index contributed by atoms with van der Waals surface area (Å²) >= 11 is 0. The van der Waals surface area contributed by atoms with E-state index in [4.69, 9.17) is 5.11 Å². The normalized spacial score (nSPS) is 12.8. The summed E-state index contributed by atoms with van der Waals surface area (Å²) in [5.41, 5.74) is 0.509. The van der Waals surface area contributed by atoms with Gasteiger partial charge in [-0.05, 0) is 24.1 Å². The molecular weight excluding hydrogens is 303 g/mol. The molecule has 0 aliphatic carbocycles. The predicted molar refractivity (Wildman–Crippen MR) is 82.1 cm³/mol. The summed E-state index contributed by atoms with van der Waals surface area (Å²) in [6, 6.07) is 3.49. The van der Waals surface area contributed by atoms with Crippen molar-refractivity contribution < 1.29 is 23.9 Å².